The minimum atomic E-state index is -0.764. The number of halogens is 2. The topological polar surface area (TPSA) is 80.4 Å². The second-order valence-electron chi connectivity index (χ2n) is 4.39. The van der Waals surface area contributed by atoms with Crippen LogP contribution in [0, 0.1) is 0 Å². The van der Waals surface area contributed by atoms with E-state index in [1.165, 1.54) is 10.7 Å². The molecule has 3 atom stereocenters. The number of hydrogen-bond donors (Lipinski definition) is 2. The third-order valence-corrected chi connectivity index (χ3v) is 3.60. The Morgan fingerprint density at radius 3 is 2.95 bits per heavy atom. The van der Waals surface area contributed by atoms with E-state index in [2.05, 4.69) is 10.1 Å². The highest BCUT2D eigenvalue weighted by atomic mass is 35.5. The molecule has 1 fully saturated rings. The molecule has 2 aromatic rings. The molecule has 0 spiro atoms. The summed E-state index contributed by atoms with van der Waals surface area (Å²) in [5.74, 6) is 0. The Morgan fingerprint density at radius 1 is 1.47 bits per heavy atom. The molecule has 0 radical (unpaired) electrons. The molecular formula is C11H11Cl2N3O3. The van der Waals surface area contributed by atoms with E-state index >= 15 is 0 Å². The predicted octanol–water partition coefficient (Wildman–Crippen LogP) is 1.38. The molecule has 1 saturated heterocycles. The smallest absolute Gasteiger partial charge is 0.178 e. The van der Waals surface area contributed by atoms with Gasteiger partial charge in [-0.3, -0.25) is 0 Å². The van der Waals surface area contributed by atoms with E-state index in [4.69, 9.17) is 33.0 Å². The minimum absolute atomic E-state index is 0.151. The fraction of sp³-hybridized carbons (Fsp3) is 0.455. The maximum atomic E-state index is 9.97. The molecule has 0 bridgehead atoms. The monoisotopic (exact) mass is 303 g/mol. The van der Waals surface area contributed by atoms with E-state index in [1.807, 2.05) is 0 Å². The lowest BCUT2D eigenvalue weighted by Crippen LogP contribution is -2.21. The van der Waals surface area contributed by atoms with Gasteiger partial charge < -0.3 is 14.9 Å². The first-order valence-corrected chi connectivity index (χ1v) is 6.49. The third-order valence-electron chi connectivity index (χ3n) is 3.10. The van der Waals surface area contributed by atoms with Crippen LogP contribution in [0.25, 0.3) is 11.0 Å². The quantitative estimate of drug-likeness (QED) is 0.819. The van der Waals surface area contributed by atoms with Crippen LogP contribution in [0.5, 0.6) is 0 Å². The van der Waals surface area contributed by atoms with E-state index < -0.39 is 18.4 Å². The number of pyridine rings is 1. The summed E-state index contributed by atoms with van der Waals surface area (Å²) in [6.45, 7) is -0.151. The van der Waals surface area contributed by atoms with Crippen molar-refractivity contribution in [1.29, 1.82) is 0 Å². The van der Waals surface area contributed by atoms with Crippen LogP contribution in [0.15, 0.2) is 12.3 Å². The second kappa shape index (κ2) is 4.88. The van der Waals surface area contributed by atoms with Gasteiger partial charge in [0.25, 0.3) is 0 Å². The molecule has 19 heavy (non-hydrogen) atoms. The molecule has 8 heteroatoms. The van der Waals surface area contributed by atoms with E-state index in [1.54, 1.807) is 6.20 Å². The highest BCUT2D eigenvalue weighted by molar-refractivity contribution is 6.37. The van der Waals surface area contributed by atoms with Crippen LogP contribution in [-0.4, -0.2) is 43.8 Å². The summed E-state index contributed by atoms with van der Waals surface area (Å²) in [7, 11) is 0. The van der Waals surface area contributed by atoms with Crippen molar-refractivity contribution >= 4 is 34.2 Å². The van der Waals surface area contributed by atoms with Gasteiger partial charge in [0, 0.05) is 6.42 Å². The van der Waals surface area contributed by atoms with Crippen molar-refractivity contribution in [3.05, 3.63) is 22.4 Å². The zero-order valence-corrected chi connectivity index (χ0v) is 11.2. The van der Waals surface area contributed by atoms with Crippen molar-refractivity contribution < 1.29 is 14.9 Å². The van der Waals surface area contributed by atoms with E-state index in [0.29, 0.717) is 22.5 Å². The Balaban J connectivity index is 2.06. The minimum Gasteiger partial charge on any atom is -0.394 e. The highest BCUT2D eigenvalue weighted by Gasteiger charge is 2.36. The number of nitrogens with zero attached hydrogens (tertiary/aromatic N) is 3. The average Bonchev–Trinajstić information content (AvgIpc) is 2.92. The van der Waals surface area contributed by atoms with Gasteiger partial charge in [-0.15, -0.1) is 0 Å². The molecule has 3 heterocycles. The van der Waals surface area contributed by atoms with Crippen molar-refractivity contribution in [3.8, 4) is 0 Å². The average molecular weight is 304 g/mol. The van der Waals surface area contributed by atoms with Crippen molar-refractivity contribution in [2.75, 3.05) is 6.61 Å². The number of aliphatic hydroxyl groups is 2. The Bertz CT molecular complexity index is 618. The normalized spacial score (nSPS) is 27.3. The fourth-order valence-corrected chi connectivity index (χ4v) is 2.69. The molecular weight excluding hydrogens is 293 g/mol. The summed E-state index contributed by atoms with van der Waals surface area (Å²) < 4.78 is 6.97. The molecule has 6 nitrogen and oxygen atoms in total. The van der Waals surface area contributed by atoms with Gasteiger partial charge in [-0.1, -0.05) is 23.2 Å². The first-order valence-electron chi connectivity index (χ1n) is 5.74. The number of ether oxygens (including phenoxy) is 1. The molecule has 3 rings (SSSR count). The van der Waals surface area contributed by atoms with Gasteiger partial charge in [0.2, 0.25) is 0 Å². The van der Waals surface area contributed by atoms with Gasteiger partial charge in [0.05, 0.1) is 29.3 Å². The van der Waals surface area contributed by atoms with E-state index in [0.717, 1.165) is 0 Å². The third kappa shape index (κ3) is 2.19. The van der Waals surface area contributed by atoms with Gasteiger partial charge in [-0.25, -0.2) is 9.67 Å². The van der Waals surface area contributed by atoms with Gasteiger partial charge in [-0.2, -0.15) is 5.10 Å². The standard InChI is InChI=1S/C11H11Cl2N3O3/c12-7-2-9(13)15-10-6(7)3-14-16(10)11-8(18)1-5(4-17)19-11/h2-3,5,8,11,17-18H,1,4H2/t5-,8+,11+/m0/s1. The Morgan fingerprint density at radius 2 is 2.26 bits per heavy atom. The first kappa shape index (κ1) is 13.1. The molecule has 2 N–H and O–H groups in total. The molecule has 102 valence electrons. The van der Waals surface area contributed by atoms with Crippen molar-refractivity contribution in [1.82, 2.24) is 14.8 Å². The first-order chi connectivity index (χ1) is 9.10. The fourth-order valence-electron chi connectivity index (χ4n) is 2.21. The number of hydrogen-bond acceptors (Lipinski definition) is 5. The molecule has 2 aromatic heterocycles. The van der Waals surface area contributed by atoms with Crippen LogP contribution >= 0.6 is 23.2 Å². The van der Waals surface area contributed by atoms with Gasteiger partial charge in [0.1, 0.15) is 11.3 Å². The lowest BCUT2D eigenvalue weighted by atomic mass is 10.2. The van der Waals surface area contributed by atoms with Crippen molar-refractivity contribution in [3.63, 3.8) is 0 Å². The molecule has 0 unspecified atom stereocenters. The molecule has 1 aliphatic rings. The van der Waals surface area contributed by atoms with Crippen LogP contribution in [0.3, 0.4) is 0 Å². The Kier molecular flexibility index (Phi) is 3.36. The van der Waals surface area contributed by atoms with E-state index in [9.17, 15) is 5.11 Å². The molecule has 1 aliphatic heterocycles. The van der Waals surface area contributed by atoms with Crippen LogP contribution in [0.2, 0.25) is 10.2 Å². The highest BCUT2D eigenvalue weighted by Crippen LogP contribution is 2.32. The molecule has 0 saturated carbocycles. The summed E-state index contributed by atoms with van der Waals surface area (Å²) in [5.41, 5.74) is 0.445. The van der Waals surface area contributed by atoms with Gasteiger partial charge in [0.15, 0.2) is 11.9 Å². The summed E-state index contributed by atoms with van der Waals surface area (Å²) in [5, 5.41) is 24.5. The summed E-state index contributed by atoms with van der Waals surface area (Å²) in [4.78, 5) is 4.15. The Hall–Kier alpha value is -0.920. The number of aromatic nitrogens is 3. The second-order valence-corrected chi connectivity index (χ2v) is 5.18. The number of rotatable bonds is 2. The Labute approximate surface area is 118 Å². The van der Waals surface area contributed by atoms with Crippen molar-refractivity contribution in [2.45, 2.75) is 24.9 Å². The zero-order valence-electron chi connectivity index (χ0n) is 9.70. The SMILES string of the molecule is OC[C@@H]1C[C@@H](O)[C@H](n2ncc3c(Cl)cc(Cl)nc32)O1. The summed E-state index contributed by atoms with van der Waals surface area (Å²) in [6, 6.07) is 1.53. The van der Waals surface area contributed by atoms with Crippen molar-refractivity contribution in [2.24, 2.45) is 0 Å². The lowest BCUT2D eigenvalue weighted by Gasteiger charge is -2.15. The van der Waals surface area contributed by atoms with Crippen LogP contribution in [0.1, 0.15) is 12.6 Å². The van der Waals surface area contributed by atoms with Crippen LogP contribution < -0.4 is 0 Å². The lowest BCUT2D eigenvalue weighted by molar-refractivity contribution is -0.0548. The van der Waals surface area contributed by atoms with E-state index in [-0.39, 0.29) is 11.8 Å². The molecule has 0 aliphatic carbocycles. The number of fused-ring (bicyclic) bond motifs is 1. The van der Waals surface area contributed by atoms with Crippen LogP contribution in [-0.2, 0) is 4.74 Å². The maximum Gasteiger partial charge on any atom is 0.178 e. The summed E-state index contributed by atoms with van der Waals surface area (Å²) in [6.07, 6.45) is 0.0191. The predicted molar refractivity (Wildman–Crippen MR) is 69.2 cm³/mol. The summed E-state index contributed by atoms with van der Waals surface area (Å²) >= 11 is 11.9. The van der Waals surface area contributed by atoms with Crippen LogP contribution in [0.4, 0.5) is 0 Å². The zero-order chi connectivity index (χ0) is 13.6. The van der Waals surface area contributed by atoms with Gasteiger partial charge >= 0.3 is 0 Å². The largest absolute Gasteiger partial charge is 0.394 e. The maximum absolute atomic E-state index is 9.97. The molecule has 0 aromatic carbocycles. The number of aliphatic hydroxyl groups excluding tert-OH is 2. The molecule has 0 amide bonds. The van der Waals surface area contributed by atoms with Gasteiger partial charge in [-0.05, 0) is 6.07 Å².